The second-order valence-corrected chi connectivity index (χ2v) is 6.39. The first-order valence-electron chi connectivity index (χ1n) is 8.08. The molecule has 1 unspecified atom stereocenters. The van der Waals surface area contributed by atoms with Crippen molar-refractivity contribution in [3.05, 3.63) is 64.7 Å². The fourth-order valence-corrected chi connectivity index (χ4v) is 2.73. The maximum Gasteiger partial charge on any atom is 0.258 e. The molecule has 0 aliphatic heterocycles. The topological polar surface area (TPSA) is 84.7 Å². The molecule has 7 heteroatoms. The predicted octanol–water partition coefficient (Wildman–Crippen LogP) is 2.24. The Morgan fingerprint density at radius 1 is 1.19 bits per heavy atom. The number of carbonyl (C=O) groups excluding carboxylic acids is 2. The van der Waals surface area contributed by atoms with Crippen LogP contribution in [0.5, 0.6) is 5.75 Å². The first-order valence-corrected chi connectivity index (χ1v) is 8.46. The van der Waals surface area contributed by atoms with Crippen LogP contribution in [-0.4, -0.2) is 44.0 Å². The molecule has 0 aromatic heterocycles. The van der Waals surface area contributed by atoms with Gasteiger partial charge in [0.05, 0.1) is 6.04 Å². The van der Waals surface area contributed by atoms with E-state index in [1.807, 2.05) is 43.3 Å². The van der Waals surface area contributed by atoms with E-state index in [2.05, 4.69) is 5.32 Å². The maximum absolute atomic E-state index is 12.1. The summed E-state index contributed by atoms with van der Waals surface area (Å²) in [5.41, 5.74) is 6.49. The Hall–Kier alpha value is -2.57. The molecule has 6 nitrogen and oxygen atoms in total. The summed E-state index contributed by atoms with van der Waals surface area (Å²) >= 11 is 6.26. The zero-order valence-electron chi connectivity index (χ0n) is 14.7. The van der Waals surface area contributed by atoms with Gasteiger partial charge in [-0.3, -0.25) is 9.59 Å². The number of ether oxygens (including phenoxy) is 1. The fourth-order valence-electron chi connectivity index (χ4n) is 2.47. The number of hydrogen-bond acceptors (Lipinski definition) is 4. The van der Waals surface area contributed by atoms with Gasteiger partial charge in [0.15, 0.2) is 6.61 Å². The molecular formula is C19H22ClN3O3. The van der Waals surface area contributed by atoms with E-state index in [4.69, 9.17) is 22.1 Å². The number of nitrogens with one attached hydrogen (secondary N) is 1. The van der Waals surface area contributed by atoms with Crippen LogP contribution in [0.25, 0.3) is 0 Å². The van der Waals surface area contributed by atoms with Crippen LogP contribution < -0.4 is 15.8 Å². The lowest BCUT2D eigenvalue weighted by molar-refractivity contribution is -0.123. The van der Waals surface area contributed by atoms with Crippen LogP contribution in [0.1, 0.15) is 22.0 Å². The molecule has 2 amide bonds. The predicted molar refractivity (Wildman–Crippen MR) is 101 cm³/mol. The van der Waals surface area contributed by atoms with Crippen molar-refractivity contribution in [3.8, 4) is 5.75 Å². The SMILES string of the molecule is CN(C)C(CNC(=O)COc1cccc(C(N)=O)c1)c1ccccc1Cl. The average Bonchev–Trinajstić information content (AvgIpc) is 2.61. The van der Waals surface area contributed by atoms with Crippen molar-refractivity contribution in [1.82, 2.24) is 10.2 Å². The average molecular weight is 376 g/mol. The minimum absolute atomic E-state index is 0.0640. The van der Waals surface area contributed by atoms with Gasteiger partial charge in [-0.25, -0.2) is 0 Å². The number of carbonyl (C=O) groups is 2. The van der Waals surface area contributed by atoms with Crippen LogP contribution in [0.15, 0.2) is 48.5 Å². The number of nitrogens with two attached hydrogens (primary N) is 1. The second-order valence-electron chi connectivity index (χ2n) is 5.99. The van der Waals surface area contributed by atoms with E-state index in [9.17, 15) is 9.59 Å². The summed E-state index contributed by atoms with van der Waals surface area (Å²) in [6.07, 6.45) is 0. The third-order valence-electron chi connectivity index (χ3n) is 3.87. The summed E-state index contributed by atoms with van der Waals surface area (Å²) in [4.78, 5) is 25.3. The van der Waals surface area contributed by atoms with Gasteiger partial charge < -0.3 is 20.7 Å². The summed E-state index contributed by atoms with van der Waals surface area (Å²) in [6, 6.07) is 13.9. The van der Waals surface area contributed by atoms with E-state index >= 15 is 0 Å². The van der Waals surface area contributed by atoms with Crippen LogP contribution in [0.2, 0.25) is 5.02 Å². The first kappa shape index (κ1) is 19.8. The van der Waals surface area contributed by atoms with Crippen molar-refractivity contribution in [2.24, 2.45) is 5.73 Å². The number of likely N-dealkylation sites (N-methyl/N-ethyl adjacent to an activating group) is 1. The largest absolute Gasteiger partial charge is 0.484 e. The van der Waals surface area contributed by atoms with Crippen LogP contribution in [0.4, 0.5) is 0 Å². The van der Waals surface area contributed by atoms with Gasteiger partial charge in [0.25, 0.3) is 5.91 Å². The number of nitrogens with zero attached hydrogens (tertiary/aromatic N) is 1. The van der Waals surface area contributed by atoms with E-state index in [1.54, 1.807) is 18.2 Å². The van der Waals surface area contributed by atoms with Crippen molar-refractivity contribution in [2.75, 3.05) is 27.2 Å². The number of hydrogen-bond donors (Lipinski definition) is 2. The number of halogens is 1. The van der Waals surface area contributed by atoms with Crippen molar-refractivity contribution in [3.63, 3.8) is 0 Å². The molecular weight excluding hydrogens is 354 g/mol. The lowest BCUT2D eigenvalue weighted by Gasteiger charge is -2.26. The highest BCUT2D eigenvalue weighted by atomic mass is 35.5. The van der Waals surface area contributed by atoms with Gasteiger partial charge in [0, 0.05) is 17.1 Å². The molecule has 2 rings (SSSR count). The van der Waals surface area contributed by atoms with Gasteiger partial charge in [-0.05, 0) is 43.9 Å². The molecule has 0 spiro atoms. The third-order valence-corrected chi connectivity index (χ3v) is 4.21. The summed E-state index contributed by atoms with van der Waals surface area (Å²) in [6.45, 7) is 0.227. The standard InChI is InChI=1S/C19H22ClN3O3/c1-23(2)17(15-8-3-4-9-16(15)20)11-22-18(24)12-26-14-7-5-6-13(10-14)19(21)25/h3-10,17H,11-12H2,1-2H3,(H2,21,25)(H,22,24). The second kappa shape index (κ2) is 9.22. The molecule has 0 aliphatic carbocycles. The molecule has 0 saturated carbocycles. The fraction of sp³-hybridized carbons (Fsp3) is 0.263. The molecule has 3 N–H and O–H groups in total. The summed E-state index contributed by atoms with van der Waals surface area (Å²) < 4.78 is 5.42. The number of primary amides is 1. The molecule has 2 aromatic carbocycles. The van der Waals surface area contributed by atoms with E-state index in [1.165, 1.54) is 6.07 Å². The highest BCUT2D eigenvalue weighted by Gasteiger charge is 2.18. The Kier molecular flexibility index (Phi) is 7.00. The van der Waals surface area contributed by atoms with Crippen molar-refractivity contribution in [2.45, 2.75) is 6.04 Å². The molecule has 0 fully saturated rings. The van der Waals surface area contributed by atoms with E-state index in [-0.39, 0.29) is 18.6 Å². The van der Waals surface area contributed by atoms with Crippen molar-refractivity contribution in [1.29, 1.82) is 0 Å². The molecule has 0 aliphatic rings. The Morgan fingerprint density at radius 2 is 1.92 bits per heavy atom. The Labute approximate surface area is 157 Å². The highest BCUT2D eigenvalue weighted by molar-refractivity contribution is 6.31. The lowest BCUT2D eigenvalue weighted by atomic mass is 10.1. The van der Waals surface area contributed by atoms with Crippen LogP contribution in [-0.2, 0) is 4.79 Å². The smallest absolute Gasteiger partial charge is 0.258 e. The normalized spacial score (nSPS) is 11.8. The maximum atomic E-state index is 12.1. The minimum Gasteiger partial charge on any atom is -0.484 e. The minimum atomic E-state index is -0.548. The van der Waals surface area contributed by atoms with Gasteiger partial charge in [-0.15, -0.1) is 0 Å². The summed E-state index contributed by atoms with van der Waals surface area (Å²) in [5.74, 6) is -0.409. The summed E-state index contributed by atoms with van der Waals surface area (Å²) in [5, 5.41) is 3.49. The third kappa shape index (κ3) is 5.47. The molecule has 26 heavy (non-hydrogen) atoms. The van der Waals surface area contributed by atoms with Gasteiger partial charge in [0.2, 0.25) is 5.91 Å². The molecule has 0 radical (unpaired) electrons. The van der Waals surface area contributed by atoms with E-state index in [0.29, 0.717) is 22.9 Å². The molecule has 0 heterocycles. The lowest BCUT2D eigenvalue weighted by Crippen LogP contribution is -2.37. The Bertz CT molecular complexity index is 780. The van der Waals surface area contributed by atoms with Crippen LogP contribution in [0, 0.1) is 0 Å². The highest BCUT2D eigenvalue weighted by Crippen LogP contribution is 2.25. The molecule has 2 aromatic rings. The monoisotopic (exact) mass is 375 g/mol. The Morgan fingerprint density at radius 3 is 2.58 bits per heavy atom. The summed E-state index contributed by atoms with van der Waals surface area (Å²) in [7, 11) is 3.85. The quantitative estimate of drug-likeness (QED) is 0.741. The van der Waals surface area contributed by atoms with Gasteiger partial charge in [-0.1, -0.05) is 35.9 Å². The van der Waals surface area contributed by atoms with Gasteiger partial charge in [-0.2, -0.15) is 0 Å². The number of amides is 2. The molecule has 0 bridgehead atoms. The van der Waals surface area contributed by atoms with Crippen LogP contribution in [0.3, 0.4) is 0 Å². The van der Waals surface area contributed by atoms with E-state index in [0.717, 1.165) is 5.56 Å². The number of rotatable bonds is 8. The zero-order valence-corrected chi connectivity index (χ0v) is 15.5. The van der Waals surface area contributed by atoms with Gasteiger partial charge in [0.1, 0.15) is 5.75 Å². The molecule has 138 valence electrons. The molecule has 0 saturated heterocycles. The van der Waals surface area contributed by atoms with E-state index < -0.39 is 5.91 Å². The number of benzene rings is 2. The first-order chi connectivity index (χ1) is 12.4. The molecule has 1 atom stereocenters. The van der Waals surface area contributed by atoms with Crippen molar-refractivity contribution >= 4 is 23.4 Å². The zero-order chi connectivity index (χ0) is 19.1. The Balaban J connectivity index is 1.92. The van der Waals surface area contributed by atoms with Gasteiger partial charge >= 0.3 is 0 Å². The van der Waals surface area contributed by atoms with Crippen molar-refractivity contribution < 1.29 is 14.3 Å². The van der Waals surface area contributed by atoms with Crippen LogP contribution >= 0.6 is 11.6 Å².